The summed E-state index contributed by atoms with van der Waals surface area (Å²) in [6.45, 7) is 5.81. The molecule has 2 N–H and O–H groups in total. The van der Waals surface area contributed by atoms with Gasteiger partial charge in [-0.1, -0.05) is 23.8 Å². The Hall–Kier alpha value is -4.77. The SMILES string of the molecule is CCOc1cc(C=C(C#N)C(=O)Nc2ccc(C)cc2C)ccc1OCC(=O)Nc1ccc(OC)cc1. The van der Waals surface area contributed by atoms with E-state index in [1.165, 1.54) is 6.08 Å². The summed E-state index contributed by atoms with van der Waals surface area (Å²) in [5.41, 5.74) is 3.75. The molecule has 37 heavy (non-hydrogen) atoms. The molecular formula is C29H29N3O5. The van der Waals surface area contributed by atoms with Crippen LogP contribution in [0.5, 0.6) is 17.2 Å². The maximum atomic E-state index is 12.7. The topological polar surface area (TPSA) is 110 Å². The summed E-state index contributed by atoms with van der Waals surface area (Å²) in [7, 11) is 1.57. The molecular weight excluding hydrogens is 470 g/mol. The third kappa shape index (κ3) is 7.61. The van der Waals surface area contributed by atoms with Gasteiger partial charge in [0.2, 0.25) is 0 Å². The second-order valence-electron chi connectivity index (χ2n) is 8.15. The van der Waals surface area contributed by atoms with E-state index in [0.717, 1.165) is 11.1 Å². The van der Waals surface area contributed by atoms with E-state index in [1.807, 2.05) is 45.0 Å². The van der Waals surface area contributed by atoms with Crippen LogP contribution in [0.15, 0.2) is 66.2 Å². The lowest BCUT2D eigenvalue weighted by atomic mass is 10.1. The number of nitrogens with zero attached hydrogens (tertiary/aromatic N) is 1. The molecule has 3 aromatic carbocycles. The lowest BCUT2D eigenvalue weighted by Gasteiger charge is -2.13. The molecule has 0 aromatic heterocycles. The van der Waals surface area contributed by atoms with Gasteiger partial charge in [0, 0.05) is 11.4 Å². The zero-order chi connectivity index (χ0) is 26.8. The highest BCUT2D eigenvalue weighted by atomic mass is 16.5. The number of aryl methyl sites for hydroxylation is 2. The summed E-state index contributed by atoms with van der Waals surface area (Å²) in [6.07, 6.45) is 1.47. The molecule has 0 saturated heterocycles. The van der Waals surface area contributed by atoms with Crippen LogP contribution < -0.4 is 24.8 Å². The monoisotopic (exact) mass is 499 g/mol. The summed E-state index contributed by atoms with van der Waals surface area (Å²) in [4.78, 5) is 25.0. The molecule has 0 spiro atoms. The Bertz CT molecular complexity index is 1340. The number of benzene rings is 3. The van der Waals surface area contributed by atoms with Crippen LogP contribution in [0, 0.1) is 25.2 Å². The van der Waals surface area contributed by atoms with Gasteiger partial charge < -0.3 is 24.8 Å². The van der Waals surface area contributed by atoms with Crippen LogP contribution in [0.4, 0.5) is 11.4 Å². The number of hydrogen-bond acceptors (Lipinski definition) is 6. The van der Waals surface area contributed by atoms with Gasteiger partial charge in [0.05, 0.1) is 13.7 Å². The van der Waals surface area contributed by atoms with E-state index in [1.54, 1.807) is 49.6 Å². The molecule has 0 aliphatic rings. The smallest absolute Gasteiger partial charge is 0.266 e. The molecule has 2 amide bonds. The summed E-state index contributed by atoms with van der Waals surface area (Å²) >= 11 is 0. The molecule has 0 fully saturated rings. The second kappa shape index (κ2) is 12.8. The standard InChI is InChI=1S/C29H29N3O5/c1-5-36-27-16-21(15-22(17-30)29(34)32-25-12-6-19(2)14-20(25)3)7-13-26(27)37-18-28(33)31-23-8-10-24(35-4)11-9-23/h6-16H,5,18H2,1-4H3,(H,31,33)(H,32,34). The van der Waals surface area contributed by atoms with Crippen molar-refractivity contribution in [2.75, 3.05) is 31.0 Å². The van der Waals surface area contributed by atoms with E-state index in [-0.39, 0.29) is 18.1 Å². The largest absolute Gasteiger partial charge is 0.497 e. The first-order valence-electron chi connectivity index (χ1n) is 11.7. The van der Waals surface area contributed by atoms with Crippen molar-refractivity contribution >= 4 is 29.3 Å². The van der Waals surface area contributed by atoms with Gasteiger partial charge >= 0.3 is 0 Å². The quantitative estimate of drug-likeness (QED) is 0.290. The van der Waals surface area contributed by atoms with Gasteiger partial charge in [0.1, 0.15) is 17.4 Å². The summed E-state index contributed by atoms with van der Waals surface area (Å²) in [6, 6.07) is 19.5. The lowest BCUT2D eigenvalue weighted by Crippen LogP contribution is -2.20. The molecule has 0 atom stereocenters. The number of carbonyl (C=O) groups excluding carboxylic acids is 2. The van der Waals surface area contributed by atoms with Crippen molar-refractivity contribution in [1.82, 2.24) is 0 Å². The minimum absolute atomic E-state index is 0.0602. The summed E-state index contributed by atoms with van der Waals surface area (Å²) in [5.74, 6) is 0.587. The van der Waals surface area contributed by atoms with E-state index in [9.17, 15) is 14.9 Å². The zero-order valence-corrected chi connectivity index (χ0v) is 21.3. The number of methoxy groups -OCH3 is 1. The summed E-state index contributed by atoms with van der Waals surface area (Å²) in [5, 5.41) is 15.1. The normalized spacial score (nSPS) is 10.7. The number of anilines is 2. The van der Waals surface area contributed by atoms with E-state index in [2.05, 4.69) is 10.6 Å². The average Bonchev–Trinajstić information content (AvgIpc) is 2.89. The number of ether oxygens (including phenoxy) is 3. The molecule has 0 aliphatic carbocycles. The first-order valence-corrected chi connectivity index (χ1v) is 11.7. The van der Waals surface area contributed by atoms with Gasteiger partial charge in [-0.15, -0.1) is 0 Å². The maximum Gasteiger partial charge on any atom is 0.266 e. The minimum Gasteiger partial charge on any atom is -0.497 e. The fourth-order valence-electron chi connectivity index (χ4n) is 3.48. The number of nitriles is 1. The van der Waals surface area contributed by atoms with Gasteiger partial charge in [-0.05, 0) is 80.4 Å². The van der Waals surface area contributed by atoms with Crippen LogP contribution in [-0.4, -0.2) is 32.1 Å². The molecule has 0 aliphatic heterocycles. The van der Waals surface area contributed by atoms with Gasteiger partial charge in [0.15, 0.2) is 18.1 Å². The predicted octanol–water partition coefficient (Wildman–Crippen LogP) is 5.27. The minimum atomic E-state index is -0.511. The molecule has 8 heteroatoms. The molecule has 8 nitrogen and oxygen atoms in total. The predicted molar refractivity (Wildman–Crippen MR) is 143 cm³/mol. The number of nitrogens with one attached hydrogen (secondary N) is 2. The Kier molecular flexibility index (Phi) is 9.28. The van der Waals surface area contributed by atoms with E-state index >= 15 is 0 Å². The number of carbonyl (C=O) groups is 2. The van der Waals surface area contributed by atoms with Crippen LogP contribution in [-0.2, 0) is 9.59 Å². The van der Waals surface area contributed by atoms with Crippen LogP contribution in [0.25, 0.3) is 6.08 Å². The fourth-order valence-corrected chi connectivity index (χ4v) is 3.48. The third-order valence-corrected chi connectivity index (χ3v) is 5.31. The van der Waals surface area contributed by atoms with Crippen molar-refractivity contribution in [3.63, 3.8) is 0 Å². The zero-order valence-electron chi connectivity index (χ0n) is 21.3. The van der Waals surface area contributed by atoms with E-state index in [4.69, 9.17) is 14.2 Å². The lowest BCUT2D eigenvalue weighted by molar-refractivity contribution is -0.118. The Labute approximate surface area is 216 Å². The molecule has 3 aromatic rings. The molecule has 0 unspecified atom stereocenters. The Balaban J connectivity index is 1.70. The van der Waals surface area contributed by atoms with Crippen molar-refractivity contribution in [1.29, 1.82) is 5.26 Å². The van der Waals surface area contributed by atoms with Crippen molar-refractivity contribution < 1.29 is 23.8 Å². The number of rotatable bonds is 10. The van der Waals surface area contributed by atoms with Crippen molar-refractivity contribution in [2.24, 2.45) is 0 Å². The van der Waals surface area contributed by atoms with Crippen molar-refractivity contribution in [2.45, 2.75) is 20.8 Å². The Morgan fingerprint density at radius 1 is 0.946 bits per heavy atom. The second-order valence-corrected chi connectivity index (χ2v) is 8.15. The Morgan fingerprint density at radius 2 is 1.70 bits per heavy atom. The van der Waals surface area contributed by atoms with Crippen molar-refractivity contribution in [3.05, 3.63) is 82.9 Å². The highest BCUT2D eigenvalue weighted by molar-refractivity contribution is 6.10. The van der Waals surface area contributed by atoms with Crippen LogP contribution in [0.3, 0.4) is 0 Å². The maximum absolute atomic E-state index is 12.7. The first-order chi connectivity index (χ1) is 17.8. The van der Waals surface area contributed by atoms with E-state index < -0.39 is 5.91 Å². The highest BCUT2D eigenvalue weighted by Gasteiger charge is 2.13. The third-order valence-electron chi connectivity index (χ3n) is 5.31. The van der Waals surface area contributed by atoms with Crippen LogP contribution >= 0.6 is 0 Å². The molecule has 0 heterocycles. The fraction of sp³-hybridized carbons (Fsp3) is 0.207. The van der Waals surface area contributed by atoms with Gasteiger partial charge in [0.25, 0.3) is 11.8 Å². The van der Waals surface area contributed by atoms with Crippen LogP contribution in [0.2, 0.25) is 0 Å². The van der Waals surface area contributed by atoms with Gasteiger partial charge in [-0.3, -0.25) is 9.59 Å². The van der Waals surface area contributed by atoms with Gasteiger partial charge in [-0.25, -0.2) is 0 Å². The van der Waals surface area contributed by atoms with Crippen LogP contribution in [0.1, 0.15) is 23.6 Å². The molecule has 0 radical (unpaired) electrons. The van der Waals surface area contributed by atoms with Crippen molar-refractivity contribution in [3.8, 4) is 23.3 Å². The Morgan fingerprint density at radius 3 is 2.35 bits per heavy atom. The highest BCUT2D eigenvalue weighted by Crippen LogP contribution is 2.30. The number of hydrogen-bond donors (Lipinski definition) is 2. The number of amides is 2. The molecule has 190 valence electrons. The van der Waals surface area contributed by atoms with E-state index in [0.29, 0.717) is 40.8 Å². The average molecular weight is 500 g/mol. The van der Waals surface area contributed by atoms with Gasteiger partial charge in [-0.2, -0.15) is 5.26 Å². The first kappa shape index (κ1) is 26.8. The summed E-state index contributed by atoms with van der Waals surface area (Å²) < 4.78 is 16.5. The molecule has 0 bridgehead atoms. The molecule has 0 saturated carbocycles. The molecule has 3 rings (SSSR count).